The minimum absolute atomic E-state index is 0.0459. The second-order valence-electron chi connectivity index (χ2n) is 8.10. The van der Waals surface area contributed by atoms with Crippen molar-refractivity contribution in [1.82, 2.24) is 9.80 Å². The molecule has 1 amide bonds. The molecule has 170 valence electrons. The lowest BCUT2D eigenvalue weighted by molar-refractivity contribution is 0.0366. The van der Waals surface area contributed by atoms with E-state index in [0.29, 0.717) is 13.1 Å². The first-order chi connectivity index (χ1) is 14.6. The fourth-order valence-electron chi connectivity index (χ4n) is 3.51. The van der Waals surface area contributed by atoms with E-state index in [1.807, 2.05) is 25.9 Å². The zero-order valence-corrected chi connectivity index (χ0v) is 19.7. The van der Waals surface area contributed by atoms with Gasteiger partial charge in [0.15, 0.2) is 5.75 Å². The van der Waals surface area contributed by atoms with Crippen LogP contribution in [0.5, 0.6) is 5.75 Å². The summed E-state index contributed by atoms with van der Waals surface area (Å²) in [6.45, 7) is 4.61. The first-order valence-electron chi connectivity index (χ1n) is 10.1. The van der Waals surface area contributed by atoms with Gasteiger partial charge in [-0.15, -0.1) is 11.3 Å². The average Bonchev–Trinajstić information content (AvgIpc) is 3.26. The zero-order valence-electron chi connectivity index (χ0n) is 18.1. The maximum atomic E-state index is 13.4. The first kappa shape index (κ1) is 23.5. The molecule has 0 radical (unpaired) electrons. The minimum Gasteiger partial charge on any atom is -0.486 e. The van der Waals surface area contributed by atoms with E-state index in [1.165, 1.54) is 6.07 Å². The predicted octanol–water partition coefficient (Wildman–Crippen LogP) is 2.33. The molecule has 0 fully saturated rings. The fraction of sp³-hybridized carbons (Fsp3) is 0.476. The van der Waals surface area contributed by atoms with Gasteiger partial charge in [0.1, 0.15) is 10.3 Å². The molecule has 2 N–H and O–H groups in total. The summed E-state index contributed by atoms with van der Waals surface area (Å²) in [4.78, 5) is 17.0. The maximum Gasteiger partial charge on any atom is 0.271 e. The Bertz CT molecular complexity index is 1010. The van der Waals surface area contributed by atoms with Crippen LogP contribution in [-0.4, -0.2) is 75.2 Å². The molecule has 2 aromatic rings. The van der Waals surface area contributed by atoms with Crippen molar-refractivity contribution in [3.63, 3.8) is 0 Å². The molecule has 0 unspecified atom stereocenters. The molecular weight excluding hydrogens is 438 g/mol. The van der Waals surface area contributed by atoms with Crippen LogP contribution in [0.4, 0.5) is 5.69 Å². The van der Waals surface area contributed by atoms with Gasteiger partial charge in [0.2, 0.25) is 0 Å². The maximum absolute atomic E-state index is 13.4. The number of nitrogens with zero attached hydrogens (tertiary/aromatic N) is 2. The van der Waals surface area contributed by atoms with Crippen molar-refractivity contribution in [3.8, 4) is 5.75 Å². The van der Waals surface area contributed by atoms with E-state index in [1.54, 1.807) is 41.5 Å². The van der Waals surface area contributed by atoms with Gasteiger partial charge in [0, 0.05) is 19.0 Å². The van der Waals surface area contributed by atoms with Gasteiger partial charge in [-0.3, -0.25) is 9.52 Å². The van der Waals surface area contributed by atoms with Gasteiger partial charge < -0.3 is 19.6 Å². The average molecular weight is 468 g/mol. The Kier molecular flexibility index (Phi) is 7.25. The predicted molar refractivity (Wildman–Crippen MR) is 121 cm³/mol. The normalized spacial score (nSPS) is 20.6. The lowest BCUT2D eigenvalue weighted by atomic mass is 9.99. The molecule has 10 heteroatoms. The van der Waals surface area contributed by atoms with Crippen molar-refractivity contribution in [2.24, 2.45) is 5.92 Å². The first-order valence-corrected chi connectivity index (χ1v) is 12.4. The van der Waals surface area contributed by atoms with Crippen molar-refractivity contribution < 1.29 is 23.1 Å². The number of benzene rings is 1. The molecule has 0 aliphatic carbocycles. The number of carbonyl (C=O) groups excluding carboxylic acids is 1. The molecule has 1 aromatic heterocycles. The Hall–Kier alpha value is -2.14. The molecule has 8 nitrogen and oxygen atoms in total. The summed E-state index contributed by atoms with van der Waals surface area (Å²) < 4.78 is 34.7. The molecule has 1 aromatic carbocycles. The second-order valence-corrected chi connectivity index (χ2v) is 11.0. The van der Waals surface area contributed by atoms with Crippen molar-refractivity contribution in [2.75, 3.05) is 38.5 Å². The van der Waals surface area contributed by atoms with Gasteiger partial charge in [-0.2, -0.15) is 0 Å². The molecule has 0 spiro atoms. The number of hydrogen-bond acceptors (Lipinski definition) is 7. The molecule has 0 saturated carbocycles. The van der Waals surface area contributed by atoms with Crippen molar-refractivity contribution in [1.29, 1.82) is 0 Å². The second kappa shape index (κ2) is 9.56. The molecule has 1 aliphatic heterocycles. The van der Waals surface area contributed by atoms with Gasteiger partial charge in [-0.25, -0.2) is 8.42 Å². The van der Waals surface area contributed by atoms with Crippen molar-refractivity contribution in [2.45, 2.75) is 30.2 Å². The summed E-state index contributed by atoms with van der Waals surface area (Å²) in [7, 11) is 0.0446. The number of nitrogens with one attached hydrogen (secondary N) is 1. The van der Waals surface area contributed by atoms with E-state index in [-0.39, 0.29) is 51.8 Å². The smallest absolute Gasteiger partial charge is 0.271 e. The SMILES string of the molecule is C[C@H](CO)N1C[C@H](C)[C@H](CN(C)C)Oc2c(NS(=O)(=O)c3cccs3)cccc2C1=O. The van der Waals surface area contributed by atoms with Crippen LogP contribution in [0, 0.1) is 5.92 Å². The molecule has 2 heterocycles. The van der Waals surface area contributed by atoms with E-state index in [9.17, 15) is 18.3 Å². The highest BCUT2D eigenvalue weighted by Crippen LogP contribution is 2.36. The number of ether oxygens (including phenoxy) is 1. The molecule has 3 rings (SSSR count). The number of amides is 1. The highest BCUT2D eigenvalue weighted by molar-refractivity contribution is 7.94. The number of anilines is 1. The number of likely N-dealkylation sites (N-methyl/N-ethyl adjacent to an activating group) is 1. The quantitative estimate of drug-likeness (QED) is 0.649. The third kappa shape index (κ3) is 5.20. The summed E-state index contributed by atoms with van der Waals surface area (Å²) in [5, 5.41) is 11.4. The van der Waals surface area contributed by atoms with Crippen LogP contribution in [0.1, 0.15) is 24.2 Å². The summed E-state index contributed by atoms with van der Waals surface area (Å²) in [6, 6.07) is 7.65. The molecule has 3 atom stereocenters. The van der Waals surface area contributed by atoms with E-state index < -0.39 is 10.0 Å². The Labute approximate surface area is 187 Å². The van der Waals surface area contributed by atoms with E-state index in [0.717, 1.165) is 11.3 Å². The van der Waals surface area contributed by atoms with Crippen LogP contribution in [0.2, 0.25) is 0 Å². The Morgan fingerprint density at radius 3 is 2.68 bits per heavy atom. The number of fused-ring (bicyclic) bond motifs is 1. The van der Waals surface area contributed by atoms with Crippen LogP contribution >= 0.6 is 11.3 Å². The van der Waals surface area contributed by atoms with Crippen molar-refractivity contribution in [3.05, 3.63) is 41.3 Å². The molecule has 31 heavy (non-hydrogen) atoms. The number of carbonyl (C=O) groups is 1. The van der Waals surface area contributed by atoms with Crippen LogP contribution < -0.4 is 9.46 Å². The number of aliphatic hydroxyl groups excluding tert-OH is 1. The van der Waals surface area contributed by atoms with Crippen LogP contribution in [0.15, 0.2) is 39.9 Å². The standard InChI is InChI=1S/C21H29N3O5S2/c1-14-11-24(15(2)13-25)21(26)16-7-5-8-17(20(16)29-18(14)12-23(3)4)22-31(27,28)19-9-6-10-30-19/h5-10,14-15,18,22,25H,11-13H2,1-4H3/t14-,15+,18-/m0/s1. The lowest BCUT2D eigenvalue weighted by Crippen LogP contribution is -2.49. The number of para-hydroxylation sites is 1. The Morgan fingerprint density at radius 2 is 2.06 bits per heavy atom. The fourth-order valence-corrected chi connectivity index (χ4v) is 5.57. The molecule has 0 bridgehead atoms. The zero-order chi connectivity index (χ0) is 22.8. The van der Waals surface area contributed by atoms with E-state index >= 15 is 0 Å². The largest absolute Gasteiger partial charge is 0.486 e. The summed E-state index contributed by atoms with van der Waals surface area (Å²) in [5.41, 5.74) is 0.482. The number of sulfonamides is 1. The van der Waals surface area contributed by atoms with Gasteiger partial charge in [0.05, 0.1) is 23.9 Å². The topological polar surface area (TPSA) is 99.2 Å². The number of rotatable bonds is 7. The highest BCUT2D eigenvalue weighted by Gasteiger charge is 2.34. The van der Waals surface area contributed by atoms with Crippen LogP contribution in [-0.2, 0) is 10.0 Å². The molecule has 1 aliphatic rings. The van der Waals surface area contributed by atoms with E-state index in [2.05, 4.69) is 4.72 Å². The molecular formula is C21H29N3O5S2. The lowest BCUT2D eigenvalue weighted by Gasteiger charge is -2.38. The number of hydrogen-bond donors (Lipinski definition) is 2. The third-order valence-electron chi connectivity index (χ3n) is 5.24. The van der Waals surface area contributed by atoms with Crippen LogP contribution in [0.25, 0.3) is 0 Å². The van der Waals surface area contributed by atoms with Crippen molar-refractivity contribution >= 4 is 33.0 Å². The Morgan fingerprint density at radius 1 is 1.32 bits per heavy atom. The van der Waals surface area contributed by atoms with Gasteiger partial charge >= 0.3 is 0 Å². The van der Waals surface area contributed by atoms with Crippen LogP contribution in [0.3, 0.4) is 0 Å². The summed E-state index contributed by atoms with van der Waals surface area (Å²) in [5.74, 6) is -0.138. The third-order valence-corrected chi connectivity index (χ3v) is 8.00. The van der Waals surface area contributed by atoms with E-state index in [4.69, 9.17) is 4.74 Å². The van der Waals surface area contributed by atoms with Gasteiger partial charge in [-0.05, 0) is 44.6 Å². The molecule has 0 saturated heterocycles. The van der Waals surface area contributed by atoms with Gasteiger partial charge in [-0.1, -0.05) is 19.1 Å². The summed E-state index contributed by atoms with van der Waals surface area (Å²) in [6.07, 6.45) is -0.289. The number of thiophene rings is 1. The Balaban J connectivity index is 2.09. The van der Waals surface area contributed by atoms with Gasteiger partial charge in [0.25, 0.3) is 15.9 Å². The number of aliphatic hydroxyl groups is 1. The minimum atomic E-state index is -3.82. The summed E-state index contributed by atoms with van der Waals surface area (Å²) >= 11 is 1.11. The highest BCUT2D eigenvalue weighted by atomic mass is 32.2. The monoisotopic (exact) mass is 467 g/mol.